The van der Waals surface area contributed by atoms with Crippen molar-refractivity contribution in [2.75, 3.05) is 13.1 Å². The Kier molecular flexibility index (Phi) is 3.36. The van der Waals surface area contributed by atoms with Crippen molar-refractivity contribution in [3.8, 4) is 0 Å². The van der Waals surface area contributed by atoms with E-state index in [9.17, 15) is 9.35 Å². The highest BCUT2D eigenvalue weighted by Crippen LogP contribution is 2.51. The van der Waals surface area contributed by atoms with Crippen molar-refractivity contribution in [2.45, 2.75) is 38.4 Å². The fourth-order valence-electron chi connectivity index (χ4n) is 2.61. The Morgan fingerprint density at radius 1 is 1.50 bits per heavy atom. The van der Waals surface area contributed by atoms with Gasteiger partial charge >= 0.3 is 6.09 Å². The predicted octanol–water partition coefficient (Wildman–Crippen LogP) is 1.91. The fourth-order valence-corrected chi connectivity index (χ4v) is 3.21. The lowest BCUT2D eigenvalue weighted by atomic mass is 9.58. The van der Waals surface area contributed by atoms with Crippen LogP contribution in [-0.4, -0.2) is 44.7 Å². The maximum absolute atomic E-state index is 11.7. The van der Waals surface area contributed by atoms with Crippen LogP contribution in [0.15, 0.2) is 4.40 Å². The zero-order valence-corrected chi connectivity index (χ0v) is 11.9. The van der Waals surface area contributed by atoms with Crippen LogP contribution < -0.4 is 0 Å². The molecule has 0 bridgehead atoms. The van der Waals surface area contributed by atoms with Crippen LogP contribution in [0.5, 0.6) is 0 Å². The van der Waals surface area contributed by atoms with Crippen LogP contribution in [0.4, 0.5) is 4.79 Å². The molecule has 2 fully saturated rings. The number of carboxylic acid groups (broad SMARTS) is 1. The normalized spacial score (nSPS) is 25.0. The lowest BCUT2D eigenvalue weighted by Gasteiger charge is -2.57. The summed E-state index contributed by atoms with van der Waals surface area (Å²) < 4.78 is 15.5. The molecule has 102 valence electrons. The van der Waals surface area contributed by atoms with Gasteiger partial charge < -0.3 is 14.6 Å². The summed E-state index contributed by atoms with van der Waals surface area (Å²) in [5.74, 6) is 0.368. The molecule has 2 rings (SSSR count). The van der Waals surface area contributed by atoms with Gasteiger partial charge in [-0.2, -0.15) is 0 Å². The van der Waals surface area contributed by atoms with Crippen LogP contribution in [-0.2, 0) is 11.4 Å². The van der Waals surface area contributed by atoms with Gasteiger partial charge in [0.05, 0.1) is 6.21 Å². The highest BCUT2D eigenvalue weighted by Gasteiger charge is 2.53. The summed E-state index contributed by atoms with van der Waals surface area (Å²) in [5, 5.41) is 8.78. The van der Waals surface area contributed by atoms with Crippen molar-refractivity contribution in [3.05, 3.63) is 0 Å². The van der Waals surface area contributed by atoms with E-state index >= 15 is 0 Å². The molecule has 6 heteroatoms. The van der Waals surface area contributed by atoms with E-state index in [1.807, 2.05) is 20.8 Å². The van der Waals surface area contributed by atoms with Gasteiger partial charge in [-0.25, -0.2) is 4.79 Å². The van der Waals surface area contributed by atoms with Crippen molar-refractivity contribution in [2.24, 2.45) is 15.7 Å². The molecule has 1 aliphatic carbocycles. The van der Waals surface area contributed by atoms with E-state index in [1.165, 1.54) is 4.90 Å². The molecule has 18 heavy (non-hydrogen) atoms. The summed E-state index contributed by atoms with van der Waals surface area (Å²) >= 11 is -1.18. The third-order valence-corrected chi connectivity index (χ3v) is 4.97. The number of rotatable bonds is 2. The second-order valence-electron chi connectivity index (χ2n) is 6.42. The third kappa shape index (κ3) is 2.64. The van der Waals surface area contributed by atoms with Crippen LogP contribution in [0.2, 0.25) is 0 Å². The van der Waals surface area contributed by atoms with Crippen molar-refractivity contribution in [3.63, 3.8) is 0 Å². The van der Waals surface area contributed by atoms with Gasteiger partial charge in [0.1, 0.15) is 16.1 Å². The van der Waals surface area contributed by atoms with Gasteiger partial charge in [-0.05, 0) is 33.6 Å². The minimum Gasteiger partial charge on any atom is -0.591 e. The Labute approximate surface area is 111 Å². The maximum atomic E-state index is 11.7. The van der Waals surface area contributed by atoms with Crippen molar-refractivity contribution < 1.29 is 14.5 Å². The monoisotopic (exact) mass is 272 g/mol. The highest BCUT2D eigenvalue weighted by atomic mass is 32.2. The number of amides is 1. The van der Waals surface area contributed by atoms with E-state index in [4.69, 9.17) is 5.11 Å². The van der Waals surface area contributed by atoms with E-state index in [1.54, 1.807) is 6.21 Å². The number of carbonyl (C=O) groups is 1. The van der Waals surface area contributed by atoms with Gasteiger partial charge in [-0.1, -0.05) is 4.40 Å². The Hall–Kier alpha value is -0.750. The molecule has 1 saturated carbocycles. The Morgan fingerprint density at radius 2 is 2.06 bits per heavy atom. The summed E-state index contributed by atoms with van der Waals surface area (Å²) in [6.07, 6.45) is 2.92. The van der Waals surface area contributed by atoms with Gasteiger partial charge in [-0.15, -0.1) is 0 Å². The molecule has 1 N–H and O–H groups in total. The smallest absolute Gasteiger partial charge is 0.407 e. The van der Waals surface area contributed by atoms with Crippen LogP contribution in [0.25, 0.3) is 0 Å². The molecule has 0 aromatic heterocycles. The summed E-state index contributed by atoms with van der Waals surface area (Å²) in [4.78, 5) is 12.1. The second kappa shape index (κ2) is 4.42. The van der Waals surface area contributed by atoms with Crippen molar-refractivity contribution >= 4 is 23.7 Å². The molecule has 0 radical (unpaired) electrons. The molecule has 1 heterocycles. The van der Waals surface area contributed by atoms with Crippen LogP contribution >= 0.6 is 0 Å². The quantitative estimate of drug-likeness (QED) is 0.616. The molecule has 1 atom stereocenters. The van der Waals surface area contributed by atoms with Crippen molar-refractivity contribution in [1.82, 2.24) is 4.90 Å². The Morgan fingerprint density at radius 3 is 2.50 bits per heavy atom. The van der Waals surface area contributed by atoms with Gasteiger partial charge in [-0.3, -0.25) is 0 Å². The largest absolute Gasteiger partial charge is 0.591 e. The van der Waals surface area contributed by atoms with E-state index in [-0.39, 0.29) is 10.2 Å². The number of hydrogen-bond acceptors (Lipinski definition) is 3. The molecule has 1 saturated heterocycles. The molecule has 1 amide bonds. The van der Waals surface area contributed by atoms with Crippen LogP contribution in [0.1, 0.15) is 33.6 Å². The average Bonchev–Trinajstić information content (AvgIpc) is 2.09. The molecule has 1 aliphatic heterocycles. The van der Waals surface area contributed by atoms with Gasteiger partial charge in [0.15, 0.2) is 0 Å². The summed E-state index contributed by atoms with van der Waals surface area (Å²) in [6.45, 7) is 7.00. The zero-order valence-electron chi connectivity index (χ0n) is 11.0. The minimum absolute atomic E-state index is 0.193. The second-order valence-corrected chi connectivity index (χ2v) is 8.36. The SMILES string of the molecule is CC(C)(C)[S@@+]([O-])/N=C/C1CC2(C1)CN(C(=O)O)C2. The fraction of sp³-hybridized carbons (Fsp3) is 0.833. The van der Waals surface area contributed by atoms with Crippen LogP contribution in [0, 0.1) is 11.3 Å². The lowest BCUT2D eigenvalue weighted by molar-refractivity contribution is -0.0608. The maximum Gasteiger partial charge on any atom is 0.407 e. The van der Waals surface area contributed by atoms with E-state index in [0.717, 1.165) is 12.8 Å². The lowest BCUT2D eigenvalue weighted by Crippen LogP contribution is -2.63. The first-order valence-electron chi connectivity index (χ1n) is 6.16. The molecular formula is C12H20N2O3S. The summed E-state index contributed by atoms with van der Waals surface area (Å²) in [7, 11) is 0. The summed E-state index contributed by atoms with van der Waals surface area (Å²) in [6, 6.07) is 0. The molecule has 0 aromatic carbocycles. The molecule has 1 spiro atoms. The topological polar surface area (TPSA) is 76.0 Å². The first-order valence-corrected chi connectivity index (χ1v) is 7.27. The molecule has 0 unspecified atom stereocenters. The van der Waals surface area contributed by atoms with E-state index in [0.29, 0.717) is 19.0 Å². The molecule has 0 aromatic rings. The first kappa shape index (κ1) is 13.7. The predicted molar refractivity (Wildman–Crippen MR) is 71.1 cm³/mol. The van der Waals surface area contributed by atoms with Gasteiger partial charge in [0, 0.05) is 24.4 Å². The Bertz CT molecular complexity index is 364. The minimum atomic E-state index is -1.18. The van der Waals surface area contributed by atoms with E-state index in [2.05, 4.69) is 4.40 Å². The first-order chi connectivity index (χ1) is 8.22. The van der Waals surface area contributed by atoms with Gasteiger partial charge in [0.2, 0.25) is 0 Å². The van der Waals surface area contributed by atoms with Gasteiger partial charge in [0.25, 0.3) is 0 Å². The molecule has 5 nitrogen and oxygen atoms in total. The Balaban J connectivity index is 1.75. The number of hydrogen-bond donors (Lipinski definition) is 1. The molecular weight excluding hydrogens is 252 g/mol. The molecule has 2 aliphatic rings. The third-order valence-electron chi connectivity index (χ3n) is 3.60. The van der Waals surface area contributed by atoms with E-state index < -0.39 is 17.5 Å². The highest BCUT2D eigenvalue weighted by molar-refractivity contribution is 7.91. The van der Waals surface area contributed by atoms with Crippen molar-refractivity contribution in [1.29, 1.82) is 0 Å². The number of nitrogens with zero attached hydrogens (tertiary/aromatic N) is 2. The zero-order chi connectivity index (χ0) is 13.6. The number of likely N-dealkylation sites (tertiary alicyclic amines) is 1. The summed E-state index contributed by atoms with van der Waals surface area (Å²) in [5.41, 5.74) is 0.193. The van der Waals surface area contributed by atoms with Crippen LogP contribution in [0.3, 0.4) is 0 Å². The standard InChI is InChI=1S/C12H20N2O3S/c1-11(2,3)18(17)13-6-9-4-12(5-9)7-14(8-12)10(15)16/h6,9H,4-5,7-8H2,1-3H3,(H,15,16)/b13-6+/t18-/m1/s1. The average molecular weight is 272 g/mol.